The Morgan fingerprint density at radius 3 is 2.46 bits per heavy atom. The van der Waals surface area contributed by atoms with E-state index < -0.39 is 0 Å². The Kier molecular flexibility index (Phi) is 6.87. The molecule has 5 nitrogen and oxygen atoms in total. The number of benzene rings is 1. The van der Waals surface area contributed by atoms with E-state index in [-0.39, 0.29) is 42.4 Å². The first kappa shape index (κ1) is 18.5. The van der Waals surface area contributed by atoms with Crippen LogP contribution in [0.2, 0.25) is 0 Å². The zero-order chi connectivity index (χ0) is 17.4. The molecule has 1 saturated heterocycles. The number of hydrogen-bond donors (Lipinski definition) is 2. The summed E-state index contributed by atoms with van der Waals surface area (Å²) in [6, 6.07) is 5.41. The summed E-state index contributed by atoms with van der Waals surface area (Å²) in [4.78, 5) is 23.9. The summed E-state index contributed by atoms with van der Waals surface area (Å²) in [5.74, 6) is -0.600. The van der Waals surface area contributed by atoms with Gasteiger partial charge in [0.05, 0.1) is 6.61 Å². The van der Waals surface area contributed by atoms with E-state index in [1.807, 2.05) is 0 Å². The van der Waals surface area contributed by atoms with Gasteiger partial charge in [-0.3, -0.25) is 9.59 Å². The van der Waals surface area contributed by atoms with E-state index in [2.05, 4.69) is 5.32 Å². The number of carbonyl (C=O) groups excluding carboxylic acids is 2. The second-order valence-corrected chi connectivity index (χ2v) is 6.33. The van der Waals surface area contributed by atoms with E-state index in [4.69, 9.17) is 4.74 Å². The number of halogens is 1. The van der Waals surface area contributed by atoms with Gasteiger partial charge in [0.25, 0.3) is 0 Å². The van der Waals surface area contributed by atoms with Gasteiger partial charge in [-0.25, -0.2) is 4.39 Å². The topological polar surface area (TPSA) is 75.6 Å². The molecule has 0 saturated carbocycles. The summed E-state index contributed by atoms with van der Waals surface area (Å²) in [5, 5.41) is 12.4. The molecule has 0 aliphatic carbocycles. The predicted molar refractivity (Wildman–Crippen MR) is 87.2 cm³/mol. The van der Waals surface area contributed by atoms with Crippen LogP contribution < -0.4 is 5.32 Å². The lowest BCUT2D eigenvalue weighted by atomic mass is 9.81. The Morgan fingerprint density at radius 2 is 1.83 bits per heavy atom. The van der Waals surface area contributed by atoms with Crippen LogP contribution in [0.1, 0.15) is 42.5 Å². The zero-order valence-corrected chi connectivity index (χ0v) is 13.7. The van der Waals surface area contributed by atoms with Crippen LogP contribution in [0.15, 0.2) is 24.3 Å². The van der Waals surface area contributed by atoms with E-state index in [0.717, 1.165) is 12.8 Å². The smallest absolute Gasteiger partial charge is 0.220 e. The summed E-state index contributed by atoms with van der Waals surface area (Å²) in [6.07, 6.45) is 2.40. The van der Waals surface area contributed by atoms with Crippen LogP contribution in [0, 0.1) is 11.2 Å². The average Bonchev–Trinajstić information content (AvgIpc) is 2.61. The number of nitrogens with one attached hydrogen (secondary N) is 1. The zero-order valence-electron chi connectivity index (χ0n) is 13.7. The molecule has 1 heterocycles. The fraction of sp³-hybridized carbons (Fsp3) is 0.556. The van der Waals surface area contributed by atoms with Gasteiger partial charge in [-0.2, -0.15) is 0 Å². The first-order valence-electron chi connectivity index (χ1n) is 8.29. The molecule has 1 aromatic carbocycles. The fourth-order valence-electron chi connectivity index (χ4n) is 2.76. The molecule has 0 atom stereocenters. The van der Waals surface area contributed by atoms with Crippen molar-refractivity contribution in [2.45, 2.75) is 32.1 Å². The van der Waals surface area contributed by atoms with Crippen LogP contribution >= 0.6 is 0 Å². The SMILES string of the molecule is O=C(CCCC(=O)c1ccc(F)cc1)NCC1(CO)CCOCC1. The van der Waals surface area contributed by atoms with E-state index in [9.17, 15) is 19.1 Å². The molecule has 24 heavy (non-hydrogen) atoms. The molecule has 2 rings (SSSR count). The van der Waals surface area contributed by atoms with E-state index >= 15 is 0 Å². The molecular weight excluding hydrogens is 313 g/mol. The number of rotatable bonds is 8. The Bertz CT molecular complexity index is 553. The lowest BCUT2D eigenvalue weighted by Crippen LogP contribution is -2.43. The summed E-state index contributed by atoms with van der Waals surface area (Å²) < 4.78 is 18.1. The van der Waals surface area contributed by atoms with E-state index in [1.54, 1.807) is 0 Å². The van der Waals surface area contributed by atoms with Crippen LogP contribution in [-0.2, 0) is 9.53 Å². The number of Topliss-reactive ketones (excluding diaryl/α,β-unsaturated/α-hetero) is 1. The Morgan fingerprint density at radius 1 is 1.17 bits per heavy atom. The van der Waals surface area contributed by atoms with Gasteiger partial charge in [0.2, 0.25) is 5.91 Å². The number of ketones is 1. The van der Waals surface area contributed by atoms with Gasteiger partial charge in [-0.05, 0) is 43.5 Å². The molecule has 1 aliphatic rings. The van der Waals surface area contributed by atoms with Crippen molar-refractivity contribution in [1.82, 2.24) is 5.32 Å². The van der Waals surface area contributed by atoms with Gasteiger partial charge in [0.15, 0.2) is 5.78 Å². The molecule has 0 unspecified atom stereocenters. The molecule has 132 valence electrons. The minimum atomic E-state index is -0.378. The minimum Gasteiger partial charge on any atom is -0.396 e. The van der Waals surface area contributed by atoms with Crippen molar-refractivity contribution in [2.24, 2.45) is 5.41 Å². The predicted octanol–water partition coefficient (Wildman–Crippen LogP) is 2.08. The Labute approximate surface area is 141 Å². The van der Waals surface area contributed by atoms with E-state index in [1.165, 1.54) is 24.3 Å². The third-order valence-corrected chi connectivity index (χ3v) is 4.52. The monoisotopic (exact) mass is 337 g/mol. The summed E-state index contributed by atoms with van der Waals surface area (Å²) in [6.45, 7) is 1.66. The summed E-state index contributed by atoms with van der Waals surface area (Å²) in [7, 11) is 0. The molecule has 1 fully saturated rings. The molecule has 0 radical (unpaired) electrons. The maximum atomic E-state index is 12.8. The standard InChI is InChI=1S/C18H24FNO4/c19-15-6-4-14(5-7-15)16(22)2-1-3-17(23)20-12-18(13-21)8-10-24-11-9-18/h4-7,21H,1-3,8-13H2,(H,20,23). The molecule has 6 heteroatoms. The number of ether oxygens (including phenoxy) is 1. The normalized spacial score (nSPS) is 16.6. The minimum absolute atomic E-state index is 0.0275. The highest BCUT2D eigenvalue weighted by molar-refractivity contribution is 5.96. The third-order valence-electron chi connectivity index (χ3n) is 4.52. The summed E-state index contributed by atoms with van der Waals surface area (Å²) in [5.41, 5.74) is 0.163. The molecular formula is C18H24FNO4. The average molecular weight is 337 g/mol. The van der Waals surface area contributed by atoms with Gasteiger partial charge >= 0.3 is 0 Å². The lowest BCUT2D eigenvalue weighted by molar-refractivity contribution is -0.122. The highest BCUT2D eigenvalue weighted by atomic mass is 19.1. The highest BCUT2D eigenvalue weighted by Gasteiger charge is 2.32. The van der Waals surface area contributed by atoms with Crippen LogP contribution in [0.3, 0.4) is 0 Å². The van der Waals surface area contributed by atoms with Gasteiger partial charge in [-0.15, -0.1) is 0 Å². The summed E-state index contributed by atoms with van der Waals surface area (Å²) >= 11 is 0. The number of aliphatic hydroxyl groups is 1. The second kappa shape index (κ2) is 8.89. The quantitative estimate of drug-likeness (QED) is 0.712. The highest BCUT2D eigenvalue weighted by Crippen LogP contribution is 2.28. The molecule has 1 amide bonds. The second-order valence-electron chi connectivity index (χ2n) is 6.33. The Balaban J connectivity index is 1.69. The first-order chi connectivity index (χ1) is 11.5. The van der Waals surface area contributed by atoms with E-state index in [0.29, 0.717) is 31.7 Å². The van der Waals surface area contributed by atoms with Gasteiger partial charge in [-0.1, -0.05) is 0 Å². The van der Waals surface area contributed by atoms with Gasteiger partial charge in [0, 0.05) is 43.6 Å². The number of hydrogen-bond acceptors (Lipinski definition) is 4. The van der Waals surface area contributed by atoms with Crippen molar-refractivity contribution < 1.29 is 23.8 Å². The fourth-order valence-corrected chi connectivity index (χ4v) is 2.76. The Hall–Kier alpha value is -1.79. The van der Waals surface area contributed by atoms with Crippen LogP contribution in [0.4, 0.5) is 4.39 Å². The molecule has 0 bridgehead atoms. The van der Waals surface area contributed by atoms with Crippen molar-refractivity contribution in [1.29, 1.82) is 0 Å². The molecule has 1 aromatic rings. The van der Waals surface area contributed by atoms with Gasteiger partial charge in [0.1, 0.15) is 5.82 Å². The van der Waals surface area contributed by atoms with Crippen molar-refractivity contribution >= 4 is 11.7 Å². The molecule has 0 spiro atoms. The van der Waals surface area contributed by atoms with Crippen molar-refractivity contribution in [3.05, 3.63) is 35.6 Å². The maximum Gasteiger partial charge on any atom is 0.220 e. The van der Waals surface area contributed by atoms with Crippen molar-refractivity contribution in [3.63, 3.8) is 0 Å². The maximum absolute atomic E-state index is 12.8. The van der Waals surface area contributed by atoms with Crippen LogP contribution in [0.5, 0.6) is 0 Å². The first-order valence-corrected chi connectivity index (χ1v) is 8.29. The number of amides is 1. The van der Waals surface area contributed by atoms with Crippen LogP contribution in [0.25, 0.3) is 0 Å². The molecule has 0 aromatic heterocycles. The lowest BCUT2D eigenvalue weighted by Gasteiger charge is -2.35. The van der Waals surface area contributed by atoms with Crippen molar-refractivity contribution in [3.8, 4) is 0 Å². The van der Waals surface area contributed by atoms with Crippen molar-refractivity contribution in [2.75, 3.05) is 26.4 Å². The number of carbonyl (C=O) groups is 2. The molecule has 1 aliphatic heterocycles. The third kappa shape index (κ3) is 5.39. The van der Waals surface area contributed by atoms with Crippen LogP contribution in [-0.4, -0.2) is 43.2 Å². The molecule has 2 N–H and O–H groups in total. The largest absolute Gasteiger partial charge is 0.396 e. The van der Waals surface area contributed by atoms with Gasteiger partial charge < -0.3 is 15.2 Å². The number of aliphatic hydroxyl groups excluding tert-OH is 1.